The quantitative estimate of drug-likeness (QED) is 0.812. The van der Waals surface area contributed by atoms with Crippen LogP contribution in [-0.2, 0) is 15.8 Å². The van der Waals surface area contributed by atoms with Gasteiger partial charge in [-0.2, -0.15) is 4.31 Å². The van der Waals surface area contributed by atoms with E-state index in [2.05, 4.69) is 5.16 Å². The summed E-state index contributed by atoms with van der Waals surface area (Å²) in [6.07, 6.45) is 0. The summed E-state index contributed by atoms with van der Waals surface area (Å²) in [5.74, 6) is 0.316. The lowest BCUT2D eigenvalue weighted by Gasteiger charge is -2.34. The van der Waals surface area contributed by atoms with Crippen LogP contribution in [0.25, 0.3) is 0 Å². The van der Waals surface area contributed by atoms with Crippen LogP contribution >= 0.6 is 0 Å². The maximum atomic E-state index is 12.7. The Hall–Kier alpha value is -2.19. The highest BCUT2D eigenvalue weighted by molar-refractivity contribution is 7.88. The number of sulfonamides is 1. The molecule has 1 aliphatic heterocycles. The van der Waals surface area contributed by atoms with Crippen molar-refractivity contribution >= 4 is 15.9 Å². The maximum absolute atomic E-state index is 12.7. The Labute approximate surface area is 153 Å². The van der Waals surface area contributed by atoms with Gasteiger partial charge in [-0.05, 0) is 31.9 Å². The topological polar surface area (TPSA) is 83.7 Å². The van der Waals surface area contributed by atoms with Crippen molar-refractivity contribution in [2.75, 3.05) is 26.2 Å². The molecule has 1 aromatic carbocycles. The number of hydrogen-bond donors (Lipinski definition) is 0. The summed E-state index contributed by atoms with van der Waals surface area (Å²) in [6, 6.07) is 7.48. The Kier molecular flexibility index (Phi) is 5.15. The van der Waals surface area contributed by atoms with Crippen molar-refractivity contribution in [3.63, 3.8) is 0 Å². The first kappa shape index (κ1) is 18.6. The summed E-state index contributed by atoms with van der Waals surface area (Å²) < 4.78 is 32.0. The lowest BCUT2D eigenvalue weighted by atomic mass is 10.1. The largest absolute Gasteiger partial charge is 0.361 e. The second-order valence-electron chi connectivity index (χ2n) is 6.57. The lowest BCUT2D eigenvalue weighted by Crippen LogP contribution is -2.50. The van der Waals surface area contributed by atoms with Crippen LogP contribution in [0.5, 0.6) is 0 Å². The average Bonchev–Trinajstić information content (AvgIpc) is 2.95. The predicted octanol–water partition coefficient (Wildman–Crippen LogP) is 1.89. The molecule has 0 radical (unpaired) electrons. The van der Waals surface area contributed by atoms with Crippen molar-refractivity contribution in [2.24, 2.45) is 0 Å². The summed E-state index contributed by atoms with van der Waals surface area (Å²) in [5, 5.41) is 3.81. The Morgan fingerprint density at radius 2 is 1.77 bits per heavy atom. The van der Waals surface area contributed by atoms with Crippen LogP contribution in [-0.4, -0.2) is 54.9 Å². The third-order valence-electron chi connectivity index (χ3n) is 4.77. The molecule has 0 aliphatic carbocycles. The number of hydrogen-bond acceptors (Lipinski definition) is 5. The monoisotopic (exact) mass is 377 g/mol. The molecular formula is C18H23N3O4S. The first-order chi connectivity index (χ1) is 12.3. The van der Waals surface area contributed by atoms with E-state index in [0.717, 1.165) is 11.1 Å². The second-order valence-corrected chi connectivity index (χ2v) is 8.54. The summed E-state index contributed by atoms with van der Waals surface area (Å²) in [4.78, 5) is 14.3. The van der Waals surface area contributed by atoms with Crippen LogP contribution in [0.15, 0.2) is 28.8 Å². The number of carbonyl (C=O) groups is 1. The number of piperazine rings is 1. The van der Waals surface area contributed by atoms with Crippen molar-refractivity contribution in [3.8, 4) is 0 Å². The van der Waals surface area contributed by atoms with Crippen LogP contribution in [0.1, 0.15) is 32.9 Å². The number of aryl methyl sites for hydroxylation is 3. The van der Waals surface area contributed by atoms with Gasteiger partial charge in [-0.25, -0.2) is 8.42 Å². The predicted molar refractivity (Wildman–Crippen MR) is 97.3 cm³/mol. The molecule has 0 atom stereocenters. The zero-order chi connectivity index (χ0) is 18.9. The minimum Gasteiger partial charge on any atom is -0.361 e. The van der Waals surface area contributed by atoms with Crippen LogP contribution in [0, 0.1) is 20.8 Å². The first-order valence-corrected chi connectivity index (χ1v) is 10.1. The third-order valence-corrected chi connectivity index (χ3v) is 6.59. The van der Waals surface area contributed by atoms with Crippen LogP contribution in [0.2, 0.25) is 0 Å². The fourth-order valence-corrected chi connectivity index (χ4v) is 4.79. The normalized spacial score (nSPS) is 16.0. The van der Waals surface area contributed by atoms with E-state index in [1.54, 1.807) is 18.7 Å². The Bertz CT molecular complexity index is 893. The molecule has 26 heavy (non-hydrogen) atoms. The van der Waals surface area contributed by atoms with Gasteiger partial charge in [0.2, 0.25) is 10.0 Å². The number of carbonyl (C=O) groups excluding carboxylic acids is 1. The van der Waals surface area contributed by atoms with Crippen LogP contribution in [0.3, 0.4) is 0 Å². The number of amides is 1. The highest BCUT2D eigenvalue weighted by Gasteiger charge is 2.31. The van der Waals surface area contributed by atoms with E-state index in [9.17, 15) is 13.2 Å². The van der Waals surface area contributed by atoms with E-state index >= 15 is 0 Å². The maximum Gasteiger partial charge on any atom is 0.259 e. The fraction of sp³-hybridized carbons (Fsp3) is 0.444. The first-order valence-electron chi connectivity index (χ1n) is 8.54. The molecule has 0 saturated carbocycles. The standard InChI is InChI=1S/C18H23N3O4S/c1-13-6-4-5-7-16(13)12-26(23,24)21-10-8-20(9-11-21)18(22)17-14(2)19-25-15(17)3/h4-7H,8-12H2,1-3H3. The van der Waals surface area contributed by atoms with Gasteiger partial charge in [-0.15, -0.1) is 0 Å². The zero-order valence-electron chi connectivity index (χ0n) is 15.2. The molecule has 1 amide bonds. The van der Waals surface area contributed by atoms with Crippen LogP contribution < -0.4 is 0 Å². The van der Waals surface area contributed by atoms with E-state index in [0.29, 0.717) is 43.2 Å². The molecule has 2 aromatic rings. The van der Waals surface area contributed by atoms with Crippen LogP contribution in [0.4, 0.5) is 0 Å². The fourth-order valence-electron chi connectivity index (χ4n) is 3.18. The molecule has 2 heterocycles. The SMILES string of the molecule is Cc1ccccc1CS(=O)(=O)N1CCN(C(=O)c2c(C)noc2C)CC1. The second kappa shape index (κ2) is 7.20. The van der Waals surface area contributed by atoms with Crippen molar-refractivity contribution < 1.29 is 17.7 Å². The molecule has 7 nitrogen and oxygen atoms in total. The van der Waals surface area contributed by atoms with Gasteiger partial charge in [-0.3, -0.25) is 4.79 Å². The van der Waals surface area contributed by atoms with Gasteiger partial charge in [0.05, 0.1) is 11.4 Å². The molecule has 0 unspecified atom stereocenters. The highest BCUT2D eigenvalue weighted by Crippen LogP contribution is 2.19. The molecule has 0 spiro atoms. The summed E-state index contributed by atoms with van der Waals surface area (Å²) in [7, 11) is -3.41. The summed E-state index contributed by atoms with van der Waals surface area (Å²) >= 11 is 0. The van der Waals surface area contributed by atoms with Gasteiger partial charge in [0.1, 0.15) is 11.3 Å². The number of nitrogens with zero attached hydrogens (tertiary/aromatic N) is 3. The zero-order valence-corrected chi connectivity index (χ0v) is 16.0. The van der Waals surface area contributed by atoms with Gasteiger partial charge >= 0.3 is 0 Å². The molecule has 1 aromatic heterocycles. The van der Waals surface area contributed by atoms with Gasteiger partial charge < -0.3 is 9.42 Å². The molecule has 1 aliphatic rings. The highest BCUT2D eigenvalue weighted by atomic mass is 32.2. The third kappa shape index (κ3) is 3.66. The van der Waals surface area contributed by atoms with Crippen molar-refractivity contribution in [2.45, 2.75) is 26.5 Å². The Morgan fingerprint density at radius 3 is 2.35 bits per heavy atom. The van der Waals surface area contributed by atoms with E-state index in [1.807, 2.05) is 31.2 Å². The van der Waals surface area contributed by atoms with E-state index in [-0.39, 0.29) is 11.7 Å². The number of rotatable bonds is 4. The van der Waals surface area contributed by atoms with Gasteiger partial charge in [0, 0.05) is 26.2 Å². The smallest absolute Gasteiger partial charge is 0.259 e. The molecule has 140 valence electrons. The molecular weight excluding hydrogens is 354 g/mol. The van der Waals surface area contributed by atoms with Gasteiger partial charge in [0.25, 0.3) is 5.91 Å². The van der Waals surface area contributed by atoms with Crippen molar-refractivity contribution in [1.29, 1.82) is 0 Å². The average molecular weight is 377 g/mol. The summed E-state index contributed by atoms with van der Waals surface area (Å²) in [6.45, 7) is 6.65. The van der Waals surface area contributed by atoms with Gasteiger partial charge in [0.15, 0.2) is 0 Å². The molecule has 3 rings (SSSR count). The van der Waals surface area contributed by atoms with E-state index in [4.69, 9.17) is 4.52 Å². The molecule has 8 heteroatoms. The van der Waals surface area contributed by atoms with Crippen molar-refractivity contribution in [3.05, 3.63) is 52.4 Å². The van der Waals surface area contributed by atoms with Gasteiger partial charge in [-0.1, -0.05) is 29.4 Å². The Morgan fingerprint density at radius 1 is 1.12 bits per heavy atom. The molecule has 1 fully saturated rings. The minimum absolute atomic E-state index is 0.0164. The molecule has 0 bridgehead atoms. The Balaban J connectivity index is 1.66. The van der Waals surface area contributed by atoms with E-state index < -0.39 is 10.0 Å². The van der Waals surface area contributed by atoms with Crippen molar-refractivity contribution in [1.82, 2.24) is 14.4 Å². The lowest BCUT2D eigenvalue weighted by molar-refractivity contribution is 0.0695. The summed E-state index contributed by atoms with van der Waals surface area (Å²) in [5.41, 5.74) is 2.80. The number of aromatic nitrogens is 1. The number of benzene rings is 1. The molecule has 0 N–H and O–H groups in total. The van der Waals surface area contributed by atoms with E-state index in [1.165, 1.54) is 4.31 Å². The minimum atomic E-state index is -3.41. The molecule has 1 saturated heterocycles.